The molecule has 2 spiro atoms. The molecule has 1 heterocycles. The number of fused-ring (bicyclic) bond motifs is 10. The second kappa shape index (κ2) is 14.3. The molecule has 2 saturated carbocycles. The zero-order valence-electron chi connectivity index (χ0n) is 34.3. The van der Waals surface area contributed by atoms with Crippen LogP contribution < -0.4 is 0 Å². The van der Waals surface area contributed by atoms with Crippen LogP contribution in [0.2, 0.25) is 0 Å². The summed E-state index contributed by atoms with van der Waals surface area (Å²) in [5.74, 6) is 1.81. The standard InChI is InChI=1S/C58H50N2/c1-5-16-41(17-6-1)54-38-55(60-56(59-54)42-18-7-2-8-19-42)45-21-15-20-43(34-45)39-24-26-40(27-25-39)44-28-29-47-49-37-52-48(36-53(49)58(51(47)35-44)32-13-4-14-33-58)46-22-9-10-23-50(46)57(52)30-11-3-12-31-57/h1-2,5-10,15-29,34-38,48,52H,3-4,11-14,30-33H2. The summed E-state index contributed by atoms with van der Waals surface area (Å²) in [6.45, 7) is 0. The lowest BCUT2D eigenvalue weighted by molar-refractivity contribution is 0.232. The molecule has 2 heteroatoms. The Bertz CT molecular complexity index is 2760. The first-order chi connectivity index (χ1) is 29.7. The summed E-state index contributed by atoms with van der Waals surface area (Å²) in [7, 11) is 0. The molecule has 2 fully saturated rings. The third kappa shape index (κ3) is 5.67. The Morgan fingerprint density at radius 3 is 1.73 bits per heavy atom. The molecule has 2 atom stereocenters. The van der Waals surface area contributed by atoms with Gasteiger partial charge in [-0.25, -0.2) is 9.97 Å². The first-order valence-corrected chi connectivity index (χ1v) is 22.6. The van der Waals surface area contributed by atoms with Crippen molar-refractivity contribution in [3.05, 3.63) is 198 Å². The van der Waals surface area contributed by atoms with Crippen molar-refractivity contribution in [2.24, 2.45) is 5.92 Å². The van der Waals surface area contributed by atoms with Gasteiger partial charge in [0.2, 0.25) is 0 Å². The SMILES string of the molecule is C1=C2C(=CC3c4ccccc4C4(CCCCC4)C13)C1(CCCCC1)c1cc(-c3ccc(-c4cccc(-c5cc(-c6ccccc6)nc(-c6ccccc6)n5)c4)cc3)ccc12. The van der Waals surface area contributed by atoms with Crippen molar-refractivity contribution in [2.45, 2.75) is 81.0 Å². The minimum absolute atomic E-state index is 0.125. The number of nitrogens with zero attached hydrogens (tertiary/aromatic N) is 2. The lowest BCUT2D eigenvalue weighted by Gasteiger charge is -2.43. The van der Waals surface area contributed by atoms with Gasteiger partial charge in [0.05, 0.1) is 11.4 Å². The summed E-state index contributed by atoms with van der Waals surface area (Å²) < 4.78 is 0. The minimum atomic E-state index is 0.125. The van der Waals surface area contributed by atoms with Gasteiger partial charge in [-0.2, -0.15) is 0 Å². The Labute approximate surface area is 354 Å². The Hall–Kier alpha value is -6.12. The van der Waals surface area contributed by atoms with E-state index < -0.39 is 0 Å². The largest absolute Gasteiger partial charge is 0.228 e. The molecule has 5 aliphatic rings. The van der Waals surface area contributed by atoms with Gasteiger partial charge < -0.3 is 0 Å². The quantitative estimate of drug-likeness (QED) is 0.174. The number of aromatic nitrogens is 2. The normalized spacial score (nSPS) is 20.5. The highest BCUT2D eigenvalue weighted by atomic mass is 14.9. The van der Waals surface area contributed by atoms with Gasteiger partial charge in [0.15, 0.2) is 5.82 Å². The number of rotatable bonds is 5. The summed E-state index contributed by atoms with van der Waals surface area (Å²) >= 11 is 0. The molecule has 6 aromatic carbocycles. The van der Waals surface area contributed by atoms with E-state index in [0.717, 1.165) is 33.9 Å². The summed E-state index contributed by atoms with van der Waals surface area (Å²) in [5, 5.41) is 0. The van der Waals surface area contributed by atoms with Crippen molar-refractivity contribution in [1.29, 1.82) is 0 Å². The molecule has 7 aromatic rings. The smallest absolute Gasteiger partial charge is 0.160 e. The van der Waals surface area contributed by atoms with E-state index >= 15 is 0 Å². The fourth-order valence-corrected chi connectivity index (χ4v) is 12.4. The highest BCUT2D eigenvalue weighted by molar-refractivity contribution is 5.93. The minimum Gasteiger partial charge on any atom is -0.228 e. The second-order valence-corrected chi connectivity index (χ2v) is 18.3. The van der Waals surface area contributed by atoms with Gasteiger partial charge in [-0.1, -0.05) is 190 Å². The molecule has 0 saturated heterocycles. The molecule has 60 heavy (non-hydrogen) atoms. The molecule has 0 radical (unpaired) electrons. The maximum atomic E-state index is 5.11. The first kappa shape index (κ1) is 35.8. The van der Waals surface area contributed by atoms with Crippen LogP contribution in [0.4, 0.5) is 0 Å². The molecule has 2 unspecified atom stereocenters. The molecular formula is C58H50N2. The highest BCUT2D eigenvalue weighted by Gasteiger charge is 2.55. The van der Waals surface area contributed by atoms with Crippen LogP contribution in [0.3, 0.4) is 0 Å². The zero-order chi connectivity index (χ0) is 39.7. The molecule has 2 nitrogen and oxygen atoms in total. The fraction of sp³-hybridized carbons (Fsp3) is 0.241. The van der Waals surface area contributed by atoms with Crippen LogP contribution in [0.15, 0.2) is 175 Å². The number of hydrogen-bond donors (Lipinski definition) is 0. The van der Waals surface area contributed by atoms with Gasteiger partial charge in [0, 0.05) is 33.4 Å². The Morgan fingerprint density at radius 2 is 1.00 bits per heavy atom. The Morgan fingerprint density at radius 1 is 0.417 bits per heavy atom. The van der Waals surface area contributed by atoms with Crippen LogP contribution in [0.1, 0.15) is 92.4 Å². The van der Waals surface area contributed by atoms with Gasteiger partial charge in [0.25, 0.3) is 0 Å². The zero-order valence-corrected chi connectivity index (χ0v) is 34.3. The molecular weight excluding hydrogens is 725 g/mol. The molecule has 1 aromatic heterocycles. The average molecular weight is 775 g/mol. The summed E-state index contributed by atoms with van der Waals surface area (Å²) in [6, 6.07) is 58.0. The van der Waals surface area contributed by atoms with E-state index in [1.807, 2.05) is 24.3 Å². The van der Waals surface area contributed by atoms with Crippen LogP contribution in [-0.4, -0.2) is 9.97 Å². The number of allylic oxidation sites excluding steroid dienone is 4. The predicted molar refractivity (Wildman–Crippen MR) is 247 cm³/mol. The van der Waals surface area contributed by atoms with Crippen molar-refractivity contribution in [2.75, 3.05) is 0 Å². The third-order valence-electron chi connectivity index (χ3n) is 15.2. The summed E-state index contributed by atoms with van der Waals surface area (Å²) in [6.07, 6.45) is 18.9. The molecule has 0 N–H and O–H groups in total. The Balaban J connectivity index is 0.890. The van der Waals surface area contributed by atoms with Crippen LogP contribution in [0.25, 0.3) is 61.7 Å². The number of hydrogen-bond acceptors (Lipinski definition) is 2. The lowest BCUT2D eigenvalue weighted by Crippen LogP contribution is -2.35. The van der Waals surface area contributed by atoms with Crippen molar-refractivity contribution in [3.63, 3.8) is 0 Å². The Kier molecular flexibility index (Phi) is 8.51. The van der Waals surface area contributed by atoms with E-state index in [2.05, 4.69) is 146 Å². The fourth-order valence-electron chi connectivity index (χ4n) is 12.4. The van der Waals surface area contributed by atoms with E-state index in [-0.39, 0.29) is 5.41 Å². The van der Waals surface area contributed by atoms with E-state index in [4.69, 9.17) is 9.97 Å². The molecule has 0 amide bonds. The van der Waals surface area contributed by atoms with E-state index in [0.29, 0.717) is 17.3 Å². The van der Waals surface area contributed by atoms with Crippen molar-refractivity contribution in [3.8, 4) is 56.2 Å². The highest BCUT2D eigenvalue weighted by Crippen LogP contribution is 2.66. The van der Waals surface area contributed by atoms with Gasteiger partial charge in [-0.05, 0) is 105 Å². The molecule has 292 valence electrons. The number of benzene rings is 6. The van der Waals surface area contributed by atoms with Gasteiger partial charge in [-0.3, -0.25) is 0 Å². The van der Waals surface area contributed by atoms with Gasteiger partial charge in [0.1, 0.15) is 0 Å². The van der Waals surface area contributed by atoms with Gasteiger partial charge in [-0.15, -0.1) is 0 Å². The van der Waals surface area contributed by atoms with Crippen LogP contribution in [-0.2, 0) is 10.8 Å². The van der Waals surface area contributed by atoms with Crippen LogP contribution in [0, 0.1) is 5.92 Å². The van der Waals surface area contributed by atoms with Crippen molar-refractivity contribution < 1.29 is 0 Å². The monoisotopic (exact) mass is 774 g/mol. The second-order valence-electron chi connectivity index (χ2n) is 18.3. The molecule has 0 aliphatic heterocycles. The lowest BCUT2D eigenvalue weighted by atomic mass is 9.61. The predicted octanol–water partition coefficient (Wildman–Crippen LogP) is 15.0. The molecule has 12 rings (SSSR count). The van der Waals surface area contributed by atoms with E-state index in [1.165, 1.54) is 92.0 Å². The van der Waals surface area contributed by atoms with Crippen LogP contribution in [0.5, 0.6) is 0 Å². The van der Waals surface area contributed by atoms with Crippen LogP contribution >= 0.6 is 0 Å². The third-order valence-corrected chi connectivity index (χ3v) is 15.2. The van der Waals surface area contributed by atoms with Gasteiger partial charge >= 0.3 is 0 Å². The van der Waals surface area contributed by atoms with E-state index in [1.54, 1.807) is 27.8 Å². The summed E-state index contributed by atoms with van der Waals surface area (Å²) in [5.41, 5.74) is 20.1. The van der Waals surface area contributed by atoms with Crippen molar-refractivity contribution >= 4 is 5.57 Å². The summed E-state index contributed by atoms with van der Waals surface area (Å²) in [4.78, 5) is 10.1. The average Bonchev–Trinajstić information content (AvgIpc) is 3.73. The maximum absolute atomic E-state index is 5.11. The topological polar surface area (TPSA) is 25.8 Å². The first-order valence-electron chi connectivity index (χ1n) is 22.6. The molecule has 5 aliphatic carbocycles. The van der Waals surface area contributed by atoms with E-state index in [9.17, 15) is 0 Å². The van der Waals surface area contributed by atoms with Crippen molar-refractivity contribution in [1.82, 2.24) is 9.97 Å². The maximum Gasteiger partial charge on any atom is 0.160 e. The molecule has 0 bridgehead atoms.